The number of esters is 1. The molecule has 180 valence electrons. The van der Waals surface area contributed by atoms with Crippen molar-refractivity contribution in [1.29, 1.82) is 0 Å². The molecular weight excluding hydrogens is 422 g/mol. The summed E-state index contributed by atoms with van der Waals surface area (Å²) in [5, 5.41) is 0. The van der Waals surface area contributed by atoms with Crippen LogP contribution in [-0.2, 0) is 20.7 Å². The molecular formula is C25H35N3O5. The summed E-state index contributed by atoms with van der Waals surface area (Å²) in [5.41, 5.74) is 3.21. The van der Waals surface area contributed by atoms with Gasteiger partial charge in [0, 0.05) is 25.0 Å². The monoisotopic (exact) mass is 457 g/mol. The molecule has 2 aliphatic heterocycles. The highest BCUT2D eigenvalue weighted by atomic mass is 16.5. The number of piperidine rings is 2. The number of benzene rings is 1. The number of ether oxygens (including phenoxy) is 1. The fourth-order valence-electron chi connectivity index (χ4n) is 5.38. The van der Waals surface area contributed by atoms with Gasteiger partial charge in [0.15, 0.2) is 5.58 Å². The Kier molecular flexibility index (Phi) is 7.22. The Hall–Kier alpha value is -2.61. The van der Waals surface area contributed by atoms with Crippen LogP contribution in [0.5, 0.6) is 0 Å². The zero-order chi connectivity index (χ0) is 23.5. The quantitative estimate of drug-likeness (QED) is 0.670. The summed E-state index contributed by atoms with van der Waals surface area (Å²) < 4.78 is 10.4. The Morgan fingerprint density at radius 3 is 2.52 bits per heavy atom. The number of nitrogens with one attached hydrogen (secondary N) is 1. The molecule has 3 heterocycles. The van der Waals surface area contributed by atoms with Crippen molar-refractivity contribution in [2.75, 3.05) is 32.8 Å². The van der Waals surface area contributed by atoms with Crippen LogP contribution in [0.1, 0.15) is 50.7 Å². The van der Waals surface area contributed by atoms with Gasteiger partial charge in [-0.3, -0.25) is 14.6 Å². The molecule has 1 N–H and O–H groups in total. The van der Waals surface area contributed by atoms with Crippen molar-refractivity contribution in [3.05, 3.63) is 33.8 Å². The molecule has 1 aromatic carbocycles. The second-order valence-corrected chi connectivity index (χ2v) is 9.52. The highest BCUT2D eigenvalue weighted by molar-refractivity contribution is 5.80. The molecule has 0 radical (unpaired) electrons. The zero-order valence-corrected chi connectivity index (χ0v) is 19.9. The molecule has 0 aliphatic carbocycles. The lowest BCUT2D eigenvalue weighted by molar-refractivity contribution is -0.150. The molecule has 1 aromatic heterocycles. The molecule has 2 saturated heterocycles. The van der Waals surface area contributed by atoms with Crippen LogP contribution in [0.25, 0.3) is 11.1 Å². The lowest BCUT2D eigenvalue weighted by Gasteiger charge is -2.41. The normalized spacial score (nSPS) is 19.7. The number of nitrogens with zero attached hydrogens (tertiary/aromatic N) is 2. The number of oxazole rings is 1. The number of H-pyrrole nitrogens is 1. The van der Waals surface area contributed by atoms with Gasteiger partial charge in [0.25, 0.3) is 0 Å². The minimum Gasteiger partial charge on any atom is -0.466 e. The summed E-state index contributed by atoms with van der Waals surface area (Å²) in [7, 11) is 0. The van der Waals surface area contributed by atoms with E-state index in [1.54, 1.807) is 0 Å². The summed E-state index contributed by atoms with van der Waals surface area (Å²) >= 11 is 0. The minimum atomic E-state index is -0.456. The van der Waals surface area contributed by atoms with Gasteiger partial charge in [0.2, 0.25) is 5.91 Å². The van der Waals surface area contributed by atoms with Gasteiger partial charge in [0.05, 0.1) is 18.0 Å². The number of aryl methyl sites for hydroxylation is 1. The number of hydrogen-bond acceptors (Lipinski definition) is 6. The molecule has 8 heteroatoms. The van der Waals surface area contributed by atoms with Crippen LogP contribution in [0.2, 0.25) is 0 Å². The van der Waals surface area contributed by atoms with E-state index in [4.69, 9.17) is 9.15 Å². The number of amides is 1. The molecule has 0 unspecified atom stereocenters. The van der Waals surface area contributed by atoms with Crippen LogP contribution in [0.15, 0.2) is 21.3 Å². The standard InChI is InChI=1S/C25H35N3O5/c1-4-32-24(30)19-5-9-27(10-6-19)20-7-11-28(12-8-20)23(29)17(3)14-18-13-16(2)22-21(15-18)33-25(31)26-22/h13,15,17,19-20H,4-12,14H2,1-3H3,(H,26,31)/t17-/m1/s1. The number of fused-ring (bicyclic) bond motifs is 1. The van der Waals surface area contributed by atoms with Crippen LogP contribution >= 0.6 is 0 Å². The highest BCUT2D eigenvalue weighted by Gasteiger charge is 2.33. The van der Waals surface area contributed by atoms with Gasteiger partial charge >= 0.3 is 11.7 Å². The van der Waals surface area contributed by atoms with Crippen LogP contribution < -0.4 is 5.76 Å². The molecule has 0 spiro atoms. The molecule has 8 nitrogen and oxygen atoms in total. The SMILES string of the molecule is CCOC(=O)C1CCN(C2CCN(C(=O)[C@H](C)Cc3cc(C)c4[nH]c(=O)oc4c3)CC2)CC1. The van der Waals surface area contributed by atoms with E-state index in [0.717, 1.165) is 68.5 Å². The number of carbonyl (C=O) groups excluding carboxylic acids is 2. The van der Waals surface area contributed by atoms with Gasteiger partial charge in [-0.15, -0.1) is 0 Å². The lowest BCUT2D eigenvalue weighted by Crippen LogP contribution is -2.50. The third kappa shape index (κ3) is 5.32. The second-order valence-electron chi connectivity index (χ2n) is 9.52. The number of aromatic nitrogens is 1. The predicted molar refractivity (Wildman–Crippen MR) is 125 cm³/mol. The van der Waals surface area contributed by atoms with Crippen LogP contribution in [0.3, 0.4) is 0 Å². The van der Waals surface area contributed by atoms with Gasteiger partial charge in [0.1, 0.15) is 0 Å². The summed E-state index contributed by atoms with van der Waals surface area (Å²) in [6.07, 6.45) is 4.29. The summed E-state index contributed by atoms with van der Waals surface area (Å²) in [5.74, 6) is -0.431. The molecule has 1 amide bonds. The van der Waals surface area contributed by atoms with Crippen LogP contribution in [0, 0.1) is 18.8 Å². The summed E-state index contributed by atoms with van der Waals surface area (Å²) in [6.45, 7) is 9.61. The van der Waals surface area contributed by atoms with Crippen molar-refractivity contribution >= 4 is 23.0 Å². The molecule has 1 atom stereocenters. The molecule has 4 rings (SSSR count). The molecule has 2 aliphatic rings. The maximum Gasteiger partial charge on any atom is 0.417 e. The predicted octanol–water partition coefficient (Wildman–Crippen LogP) is 2.87. The first kappa shape index (κ1) is 23.5. The van der Waals surface area contributed by atoms with Crippen molar-refractivity contribution in [1.82, 2.24) is 14.8 Å². The smallest absolute Gasteiger partial charge is 0.417 e. The topological polar surface area (TPSA) is 95.9 Å². The zero-order valence-electron chi connectivity index (χ0n) is 19.9. The van der Waals surface area contributed by atoms with E-state index >= 15 is 0 Å². The number of carbonyl (C=O) groups is 2. The number of likely N-dealkylation sites (tertiary alicyclic amines) is 2. The first-order valence-corrected chi connectivity index (χ1v) is 12.2. The Labute approximate surface area is 194 Å². The largest absolute Gasteiger partial charge is 0.466 e. The van der Waals surface area contributed by atoms with Crippen LogP contribution in [-0.4, -0.2) is 65.5 Å². The van der Waals surface area contributed by atoms with Crippen molar-refractivity contribution in [3.8, 4) is 0 Å². The number of hydrogen-bond donors (Lipinski definition) is 1. The maximum atomic E-state index is 13.1. The fourth-order valence-corrected chi connectivity index (χ4v) is 5.38. The van der Waals surface area contributed by atoms with Crippen LogP contribution in [0.4, 0.5) is 0 Å². The van der Waals surface area contributed by atoms with E-state index in [-0.39, 0.29) is 23.7 Å². The van der Waals surface area contributed by atoms with Gasteiger partial charge < -0.3 is 19.0 Å². The molecule has 0 bridgehead atoms. The molecule has 0 saturated carbocycles. The number of rotatable bonds is 6. The summed E-state index contributed by atoms with van der Waals surface area (Å²) in [6, 6.07) is 4.36. The van der Waals surface area contributed by atoms with Gasteiger partial charge in [-0.05, 0) is 76.2 Å². The number of aromatic amines is 1. The van der Waals surface area contributed by atoms with E-state index in [2.05, 4.69) is 9.88 Å². The highest BCUT2D eigenvalue weighted by Crippen LogP contribution is 2.26. The van der Waals surface area contributed by atoms with E-state index in [0.29, 0.717) is 24.7 Å². The summed E-state index contributed by atoms with van der Waals surface area (Å²) in [4.78, 5) is 43.8. The second kappa shape index (κ2) is 10.1. The minimum absolute atomic E-state index is 0.0332. The Morgan fingerprint density at radius 1 is 1.15 bits per heavy atom. The first-order chi connectivity index (χ1) is 15.9. The van der Waals surface area contributed by atoms with E-state index in [9.17, 15) is 14.4 Å². The maximum absolute atomic E-state index is 13.1. The third-order valence-electron chi connectivity index (χ3n) is 7.19. The molecule has 2 fully saturated rings. The van der Waals surface area contributed by atoms with Crippen molar-refractivity contribution < 1.29 is 18.7 Å². The lowest BCUT2D eigenvalue weighted by atomic mass is 9.92. The van der Waals surface area contributed by atoms with E-state index in [1.165, 1.54) is 0 Å². The van der Waals surface area contributed by atoms with Crippen molar-refractivity contribution in [2.45, 2.75) is 58.9 Å². The van der Waals surface area contributed by atoms with Crippen molar-refractivity contribution in [3.63, 3.8) is 0 Å². The first-order valence-electron chi connectivity index (χ1n) is 12.2. The van der Waals surface area contributed by atoms with E-state index in [1.807, 2.05) is 37.8 Å². The fraction of sp³-hybridized carbons (Fsp3) is 0.640. The van der Waals surface area contributed by atoms with Gasteiger partial charge in [-0.2, -0.15) is 0 Å². The van der Waals surface area contributed by atoms with Gasteiger partial charge in [-0.1, -0.05) is 13.0 Å². The Balaban J connectivity index is 1.27. The Bertz CT molecular complexity index is 1040. The Morgan fingerprint density at radius 2 is 1.85 bits per heavy atom. The van der Waals surface area contributed by atoms with Gasteiger partial charge in [-0.25, -0.2) is 4.79 Å². The average Bonchev–Trinajstić information content (AvgIpc) is 3.19. The molecule has 33 heavy (non-hydrogen) atoms. The van der Waals surface area contributed by atoms with E-state index < -0.39 is 5.76 Å². The average molecular weight is 458 g/mol. The van der Waals surface area contributed by atoms with Crippen molar-refractivity contribution in [2.24, 2.45) is 11.8 Å². The third-order valence-corrected chi connectivity index (χ3v) is 7.19. The molecule has 2 aromatic rings.